The van der Waals surface area contributed by atoms with Crippen molar-refractivity contribution >= 4 is 29.3 Å². The van der Waals surface area contributed by atoms with Gasteiger partial charge < -0.3 is 24.4 Å². The maximum atomic E-state index is 14.3. The number of hydrogen-bond acceptors (Lipinski definition) is 7. The van der Waals surface area contributed by atoms with Crippen molar-refractivity contribution < 1.29 is 23.8 Å². The van der Waals surface area contributed by atoms with Crippen molar-refractivity contribution in [3.8, 4) is 11.5 Å². The number of benzene rings is 3. The Kier molecular flexibility index (Phi) is 9.76. The molecule has 2 atom stereocenters. The zero-order valence-electron chi connectivity index (χ0n) is 23.9. The lowest BCUT2D eigenvalue weighted by molar-refractivity contribution is -0.147. The van der Waals surface area contributed by atoms with Crippen LogP contribution in [0.4, 0.5) is 5.69 Å². The summed E-state index contributed by atoms with van der Waals surface area (Å²) >= 11 is 1.30. The molecule has 8 heteroatoms. The molecule has 0 radical (unpaired) electrons. The molecule has 1 aliphatic rings. The second-order valence-corrected chi connectivity index (χ2v) is 11.4. The number of amides is 1. The summed E-state index contributed by atoms with van der Waals surface area (Å²) in [4.78, 5) is 30.3. The largest absolute Gasteiger partial charge is 0.493 e. The smallest absolute Gasteiger partial charge is 0.332 e. The molecule has 40 heavy (non-hydrogen) atoms. The second kappa shape index (κ2) is 13.2. The molecule has 0 aromatic heterocycles. The summed E-state index contributed by atoms with van der Waals surface area (Å²) < 4.78 is 14.7. The van der Waals surface area contributed by atoms with Gasteiger partial charge in [0.2, 0.25) is 4.75 Å². The van der Waals surface area contributed by atoms with Crippen LogP contribution in [0.1, 0.15) is 29.5 Å². The summed E-state index contributed by atoms with van der Waals surface area (Å²) in [6, 6.07) is 21.9. The van der Waals surface area contributed by atoms with Gasteiger partial charge >= 0.3 is 5.97 Å². The Balaban J connectivity index is 1.56. The van der Waals surface area contributed by atoms with Crippen LogP contribution in [0.3, 0.4) is 0 Å². The molecule has 1 aliphatic heterocycles. The van der Waals surface area contributed by atoms with E-state index in [2.05, 4.69) is 5.32 Å². The van der Waals surface area contributed by atoms with Gasteiger partial charge in [0.1, 0.15) is 0 Å². The van der Waals surface area contributed by atoms with E-state index in [1.807, 2.05) is 80.7 Å². The Bertz CT molecular complexity index is 1350. The molecule has 7 nitrogen and oxygen atoms in total. The van der Waals surface area contributed by atoms with Crippen molar-refractivity contribution in [2.24, 2.45) is 0 Å². The molecule has 0 spiro atoms. The lowest BCUT2D eigenvalue weighted by Gasteiger charge is -2.40. The predicted octanol–water partition coefficient (Wildman–Crippen LogP) is 5.22. The number of thioether (sulfide) groups is 1. The number of nitrogens with zero attached hydrogens (tertiary/aromatic N) is 1. The molecular weight excluding hydrogens is 524 g/mol. The normalized spacial score (nSPS) is 17.2. The summed E-state index contributed by atoms with van der Waals surface area (Å²) in [5, 5.41) is 3.41. The number of para-hydroxylation sites is 1. The van der Waals surface area contributed by atoms with Crippen molar-refractivity contribution in [2.45, 2.75) is 48.3 Å². The fourth-order valence-corrected chi connectivity index (χ4v) is 6.64. The number of anilines is 1. The van der Waals surface area contributed by atoms with Crippen molar-refractivity contribution in [1.29, 1.82) is 0 Å². The molecule has 4 rings (SSSR count). The Labute approximate surface area is 241 Å². The van der Waals surface area contributed by atoms with Crippen LogP contribution in [0.25, 0.3) is 0 Å². The molecule has 3 aromatic carbocycles. The molecule has 1 heterocycles. The van der Waals surface area contributed by atoms with E-state index >= 15 is 0 Å². The van der Waals surface area contributed by atoms with Gasteiger partial charge in [0.05, 0.1) is 27.0 Å². The van der Waals surface area contributed by atoms with Crippen molar-refractivity contribution in [3.05, 3.63) is 83.4 Å². The lowest BCUT2D eigenvalue weighted by atomic mass is 9.94. The molecule has 1 N–H and O–H groups in total. The molecule has 1 amide bonds. The van der Waals surface area contributed by atoms with E-state index in [1.165, 1.54) is 18.9 Å². The highest BCUT2D eigenvalue weighted by Crippen LogP contribution is 2.47. The molecule has 212 valence electrons. The van der Waals surface area contributed by atoms with Gasteiger partial charge in [-0.05, 0) is 68.6 Å². The van der Waals surface area contributed by atoms with E-state index in [1.54, 1.807) is 19.1 Å². The van der Waals surface area contributed by atoms with Crippen LogP contribution in [0.2, 0.25) is 0 Å². The Morgan fingerprint density at radius 2 is 1.73 bits per heavy atom. The van der Waals surface area contributed by atoms with Gasteiger partial charge in [0, 0.05) is 23.9 Å². The molecule has 0 saturated carbocycles. The van der Waals surface area contributed by atoms with Gasteiger partial charge in [0.25, 0.3) is 5.91 Å². The first-order valence-corrected chi connectivity index (χ1v) is 14.3. The summed E-state index contributed by atoms with van der Waals surface area (Å²) in [5.74, 6) is 0.652. The van der Waals surface area contributed by atoms with E-state index in [0.717, 1.165) is 46.5 Å². The van der Waals surface area contributed by atoms with Gasteiger partial charge in [-0.15, -0.1) is 0 Å². The number of carbonyl (C=O) groups is 2. The molecule has 0 aliphatic carbocycles. The minimum Gasteiger partial charge on any atom is -0.493 e. The predicted molar refractivity (Wildman–Crippen MR) is 160 cm³/mol. The second-order valence-electron chi connectivity index (χ2n) is 10.0. The third-order valence-electron chi connectivity index (χ3n) is 7.42. The third kappa shape index (κ3) is 6.29. The number of hydrogen-bond donors (Lipinski definition) is 1. The van der Waals surface area contributed by atoms with Gasteiger partial charge in [-0.25, -0.2) is 4.79 Å². The number of methoxy groups -OCH3 is 3. The summed E-state index contributed by atoms with van der Waals surface area (Å²) in [5.41, 5.74) is 3.98. The SMILES string of the molecule is CNC(CCc1ccc(OC)c(OC)c1)CCN1C(=O)C(Cc2cccc(C)c2)(C(=O)OC)Sc2ccccc21. The highest BCUT2D eigenvalue weighted by molar-refractivity contribution is 8.02. The van der Waals surface area contributed by atoms with Crippen LogP contribution in [0.5, 0.6) is 11.5 Å². The van der Waals surface area contributed by atoms with Crippen LogP contribution >= 0.6 is 11.8 Å². The van der Waals surface area contributed by atoms with Crippen molar-refractivity contribution in [3.63, 3.8) is 0 Å². The summed E-state index contributed by atoms with van der Waals surface area (Å²) in [7, 11) is 6.56. The monoisotopic (exact) mass is 562 g/mol. The zero-order valence-corrected chi connectivity index (χ0v) is 24.7. The van der Waals surface area contributed by atoms with Crippen molar-refractivity contribution in [2.75, 3.05) is 39.8 Å². The van der Waals surface area contributed by atoms with Gasteiger partial charge in [0.15, 0.2) is 11.5 Å². The fourth-order valence-electron chi connectivity index (χ4n) is 5.23. The quantitative estimate of drug-likeness (QED) is 0.240. The van der Waals surface area contributed by atoms with Crippen LogP contribution in [0, 0.1) is 6.92 Å². The number of carbonyl (C=O) groups excluding carboxylic acids is 2. The minimum atomic E-state index is -1.40. The van der Waals surface area contributed by atoms with Gasteiger partial charge in [-0.1, -0.05) is 59.8 Å². The maximum absolute atomic E-state index is 14.3. The van der Waals surface area contributed by atoms with Crippen LogP contribution in [0.15, 0.2) is 71.6 Å². The summed E-state index contributed by atoms with van der Waals surface area (Å²) in [6.45, 7) is 2.48. The first-order valence-electron chi connectivity index (χ1n) is 13.5. The van der Waals surface area contributed by atoms with E-state index in [9.17, 15) is 9.59 Å². The van der Waals surface area contributed by atoms with Crippen LogP contribution < -0.4 is 19.7 Å². The molecular formula is C32H38N2O5S. The average Bonchev–Trinajstić information content (AvgIpc) is 2.97. The van der Waals surface area contributed by atoms with E-state index in [0.29, 0.717) is 18.0 Å². The molecule has 0 fully saturated rings. The third-order valence-corrected chi connectivity index (χ3v) is 8.82. The van der Waals surface area contributed by atoms with Crippen LogP contribution in [-0.2, 0) is 27.2 Å². The van der Waals surface area contributed by atoms with Crippen molar-refractivity contribution in [1.82, 2.24) is 5.32 Å². The Hall–Kier alpha value is -3.49. The minimum absolute atomic E-state index is 0.159. The van der Waals surface area contributed by atoms with Gasteiger partial charge in [-0.2, -0.15) is 0 Å². The van der Waals surface area contributed by atoms with E-state index in [-0.39, 0.29) is 18.4 Å². The molecule has 2 unspecified atom stereocenters. The fraction of sp³-hybridized carbons (Fsp3) is 0.375. The Morgan fingerprint density at radius 3 is 2.42 bits per heavy atom. The first-order chi connectivity index (χ1) is 19.3. The van der Waals surface area contributed by atoms with Gasteiger partial charge in [-0.3, -0.25) is 4.79 Å². The molecule has 3 aromatic rings. The number of nitrogens with one attached hydrogen (secondary N) is 1. The highest BCUT2D eigenvalue weighted by Gasteiger charge is 2.54. The van der Waals surface area contributed by atoms with E-state index < -0.39 is 10.7 Å². The number of ether oxygens (including phenoxy) is 3. The van der Waals surface area contributed by atoms with Crippen LogP contribution in [-0.4, -0.2) is 57.6 Å². The Morgan fingerprint density at radius 1 is 0.950 bits per heavy atom. The topological polar surface area (TPSA) is 77.1 Å². The highest BCUT2D eigenvalue weighted by atomic mass is 32.2. The summed E-state index contributed by atoms with van der Waals surface area (Å²) in [6.07, 6.45) is 2.68. The standard InChI is InChI=1S/C32H38N2O5S/c1-22-9-8-10-24(19-22)21-32(31(36)39-5)30(35)34(26-11-6-7-12-29(26)40-32)18-17-25(33-2)15-13-23-14-16-27(37-3)28(20-23)38-4/h6-12,14,16,19-20,25,33H,13,15,17-18,21H2,1-5H3. The molecule has 0 saturated heterocycles. The number of rotatable bonds is 12. The number of aryl methyl sites for hydroxylation is 2. The number of esters is 1. The maximum Gasteiger partial charge on any atom is 0.332 e. The average molecular weight is 563 g/mol. The molecule has 0 bridgehead atoms. The zero-order chi connectivity index (χ0) is 28.7. The van der Waals surface area contributed by atoms with E-state index in [4.69, 9.17) is 14.2 Å². The number of fused-ring (bicyclic) bond motifs is 1. The first kappa shape index (κ1) is 29.5. The lowest BCUT2D eigenvalue weighted by Crippen LogP contribution is -2.57.